The van der Waals surface area contributed by atoms with Crippen molar-refractivity contribution in [3.8, 4) is 95.7 Å². The van der Waals surface area contributed by atoms with Crippen LogP contribution in [0.5, 0.6) is 0 Å². The first-order valence-corrected chi connectivity index (χ1v) is 46.7. The summed E-state index contributed by atoms with van der Waals surface area (Å²) in [6, 6.07) is 173. The van der Waals surface area contributed by atoms with E-state index in [0.717, 1.165) is 56.3 Å². The maximum Gasteiger partial charge on any atom is 0.164 e. The first kappa shape index (κ1) is 76.7. The fourth-order valence-electron chi connectivity index (χ4n) is 22.7. The summed E-state index contributed by atoms with van der Waals surface area (Å²) in [7, 11) is 0. The highest BCUT2D eigenvalue weighted by molar-refractivity contribution is 6.45. The van der Waals surface area contributed by atoms with Crippen LogP contribution in [-0.2, 0) is 0 Å². The van der Waals surface area contributed by atoms with Crippen LogP contribution in [0, 0.1) is 0 Å². The minimum atomic E-state index is 0.645. The van der Waals surface area contributed by atoms with Crippen molar-refractivity contribution in [1.82, 2.24) is 28.7 Å². The third-order valence-corrected chi connectivity index (χ3v) is 28.5. The molecule has 0 aliphatic heterocycles. The number of hydrogen-bond acceptors (Lipinski definition) is 4. The van der Waals surface area contributed by atoms with E-state index in [1.165, 1.54) is 201 Å². The van der Waals surface area contributed by atoms with Gasteiger partial charge in [0.25, 0.3) is 0 Å². The quantitative estimate of drug-likeness (QED) is 0.0853. The van der Waals surface area contributed by atoms with E-state index >= 15 is 0 Å². The van der Waals surface area contributed by atoms with Gasteiger partial charge in [0.05, 0.1) is 33.1 Å². The molecule has 0 bridgehead atoms. The van der Waals surface area contributed by atoms with Crippen molar-refractivity contribution < 1.29 is 0 Å². The van der Waals surface area contributed by atoms with E-state index in [4.69, 9.17) is 15.0 Å². The summed E-state index contributed by atoms with van der Waals surface area (Å²) >= 11 is 0. The van der Waals surface area contributed by atoms with E-state index in [1.54, 1.807) is 0 Å². The Balaban J connectivity index is 0.000000104. The molecule has 0 saturated carbocycles. The molecule has 30 aromatic rings. The number of hydrogen-bond donors (Lipinski definition) is 0. The van der Waals surface area contributed by atoms with Crippen molar-refractivity contribution in [2.75, 3.05) is 4.90 Å². The minimum absolute atomic E-state index is 0.645. The SMILES string of the molecule is c1ccc(-c2ccc(N(c3ccccc3)c3cccc(-n4c5ccc(-c6ccccc6)c6c7cccc8ccc9ccc4c(c9c87)c65)c3)cc2)cc1.c1ccc(-c2ccc3c4c2c2cccc5ccc6ccc(c4c6c52)n3-c2ccccc2)cc1.c1ccc(-c2nc(-c3ccccc3)nc(-c3cccc(-c4cc5c6cccc7ccc8ccc9c(c8c76)c5c(c4)n9-c4ccccc4)c3)n2)cc1. The number of nitrogens with zero attached hydrogens (tertiary/aromatic N) is 7. The molecule has 0 saturated heterocycles. The summed E-state index contributed by atoms with van der Waals surface area (Å²) < 4.78 is 7.36. The molecule has 0 atom stereocenters. The Labute approximate surface area is 782 Å². The zero-order chi connectivity index (χ0) is 89.2. The highest BCUT2D eigenvalue weighted by atomic mass is 15.1. The molecule has 26 aromatic carbocycles. The molecule has 7 heteroatoms. The van der Waals surface area contributed by atoms with Gasteiger partial charge in [-0.15, -0.1) is 0 Å². The molecule has 0 N–H and O–H groups in total. The lowest BCUT2D eigenvalue weighted by molar-refractivity contribution is 1.07. The summed E-state index contributed by atoms with van der Waals surface area (Å²) in [6.07, 6.45) is 0. The van der Waals surface area contributed by atoms with Gasteiger partial charge in [-0.2, -0.15) is 0 Å². The molecule has 0 radical (unpaired) electrons. The molecule has 0 fully saturated rings. The van der Waals surface area contributed by atoms with Gasteiger partial charge in [-0.1, -0.05) is 364 Å². The van der Waals surface area contributed by atoms with Crippen LogP contribution in [0.3, 0.4) is 0 Å². The minimum Gasteiger partial charge on any atom is -0.310 e. The fourth-order valence-corrected chi connectivity index (χ4v) is 22.7. The second kappa shape index (κ2) is 30.7. The average Bonchev–Trinajstić information content (AvgIpc) is 1.52. The Kier molecular flexibility index (Phi) is 17.3. The van der Waals surface area contributed by atoms with Crippen molar-refractivity contribution in [1.29, 1.82) is 0 Å². The average molecular weight is 1730 g/mol. The summed E-state index contributed by atoms with van der Waals surface area (Å²) in [6.45, 7) is 0. The second-order valence-corrected chi connectivity index (χ2v) is 35.9. The van der Waals surface area contributed by atoms with Gasteiger partial charge in [0.1, 0.15) is 0 Å². The van der Waals surface area contributed by atoms with Crippen LogP contribution in [-0.4, -0.2) is 28.7 Å². The van der Waals surface area contributed by atoms with Crippen LogP contribution in [0.2, 0.25) is 0 Å². The predicted molar refractivity (Wildman–Crippen MR) is 573 cm³/mol. The zero-order valence-corrected chi connectivity index (χ0v) is 73.7. The van der Waals surface area contributed by atoms with Crippen LogP contribution in [0.25, 0.3) is 258 Å². The van der Waals surface area contributed by atoms with E-state index < -0.39 is 0 Å². The Morgan fingerprint density at radius 3 is 0.941 bits per heavy atom. The van der Waals surface area contributed by atoms with Gasteiger partial charge in [-0.25, -0.2) is 15.0 Å². The molecule has 0 spiro atoms. The van der Waals surface area contributed by atoms with E-state index in [2.05, 4.69) is 437 Å². The van der Waals surface area contributed by atoms with Crippen molar-refractivity contribution in [2.45, 2.75) is 0 Å². The van der Waals surface area contributed by atoms with E-state index in [9.17, 15) is 0 Å². The lowest BCUT2D eigenvalue weighted by atomic mass is 9.86. The van der Waals surface area contributed by atoms with Gasteiger partial charge in [-0.3, -0.25) is 0 Å². The molecule has 0 unspecified atom stereocenters. The lowest BCUT2D eigenvalue weighted by Crippen LogP contribution is -2.10. The Bertz CT molecular complexity index is 9750. The number of aromatic nitrogens is 6. The van der Waals surface area contributed by atoms with Crippen LogP contribution >= 0.6 is 0 Å². The van der Waals surface area contributed by atoms with E-state index in [0.29, 0.717) is 17.5 Å². The molecule has 0 aliphatic rings. The molecule has 4 aromatic heterocycles. The number of benzene rings is 26. The standard InChI is InChI=1S/C50H32N2.C47H28N4.C32H19N/c1-4-12-33(13-5-1)34-24-27-39(28-25-34)51(38-17-8-3-9-18-38)40-19-11-20-41(32-40)52-44-30-26-37-23-22-36-16-10-21-43-46(36)47(37)49(44)50-45(52)31-29-42(48(43)50)35-14-6-2-7-15-35;1-4-12-31(13-5-1)45-48-46(32-14-6-2-7-15-32)50-47(49-45)34-18-10-17-33(26-34)35-27-38-37-21-11-16-29-22-23-30-24-25-39-44(42(30)41(29)37)43(38)40(28-35)51(39)36-19-8-3-9-20-36;1-3-8-20(9-4-1)24-17-19-27-32-30(24)25-13-7-10-21-14-15-22-16-18-26(31(32)29(22)28(21)25)33(27)23-11-5-2-6-12-23/h1-32H;1-28H;1-19H. The summed E-state index contributed by atoms with van der Waals surface area (Å²) in [4.78, 5) is 17.3. The topological polar surface area (TPSA) is 56.7 Å². The summed E-state index contributed by atoms with van der Waals surface area (Å²) in [5.74, 6) is 1.95. The van der Waals surface area contributed by atoms with Gasteiger partial charge in [0.15, 0.2) is 17.5 Å². The van der Waals surface area contributed by atoms with Crippen molar-refractivity contribution in [3.63, 3.8) is 0 Å². The lowest BCUT2D eigenvalue weighted by Gasteiger charge is -2.26. The van der Waals surface area contributed by atoms with Crippen LogP contribution in [0.15, 0.2) is 479 Å². The summed E-state index contributed by atoms with van der Waals surface area (Å²) in [5, 5.41) is 31.8. The normalized spacial score (nSPS) is 12.0. The molecule has 30 rings (SSSR count). The summed E-state index contributed by atoms with van der Waals surface area (Å²) in [5.41, 5.74) is 26.8. The van der Waals surface area contributed by atoms with E-state index in [-0.39, 0.29) is 0 Å². The molecule has 4 heterocycles. The van der Waals surface area contributed by atoms with Crippen LogP contribution < -0.4 is 4.90 Å². The Morgan fingerprint density at radius 1 is 0.147 bits per heavy atom. The highest BCUT2D eigenvalue weighted by Crippen LogP contribution is 2.55. The maximum absolute atomic E-state index is 5.03. The maximum atomic E-state index is 5.03. The first-order valence-electron chi connectivity index (χ1n) is 46.7. The van der Waals surface area contributed by atoms with Crippen LogP contribution in [0.4, 0.5) is 17.1 Å². The molecular formula is C129H79N7. The number of para-hydroxylation sites is 3. The van der Waals surface area contributed by atoms with Crippen molar-refractivity contribution in [3.05, 3.63) is 479 Å². The predicted octanol–water partition coefficient (Wildman–Crippen LogP) is 34.7. The second-order valence-electron chi connectivity index (χ2n) is 35.9. The molecule has 630 valence electrons. The van der Waals surface area contributed by atoms with Gasteiger partial charge < -0.3 is 18.6 Å². The molecule has 7 nitrogen and oxygen atoms in total. The zero-order valence-electron chi connectivity index (χ0n) is 73.7. The highest BCUT2D eigenvalue weighted by Gasteiger charge is 2.30. The number of fused-ring (bicyclic) bond motifs is 3. The third-order valence-electron chi connectivity index (χ3n) is 28.5. The van der Waals surface area contributed by atoms with E-state index in [1.807, 2.05) is 60.7 Å². The van der Waals surface area contributed by atoms with Gasteiger partial charge in [-0.05, 0) is 230 Å². The molecule has 0 amide bonds. The fraction of sp³-hybridized carbons (Fsp3) is 0. The Morgan fingerprint density at radius 2 is 0.463 bits per heavy atom. The van der Waals surface area contributed by atoms with Crippen LogP contribution in [0.1, 0.15) is 0 Å². The molecular weight excluding hydrogens is 1650 g/mol. The smallest absolute Gasteiger partial charge is 0.164 e. The van der Waals surface area contributed by atoms with Crippen molar-refractivity contribution >= 4 is 179 Å². The van der Waals surface area contributed by atoms with Gasteiger partial charge >= 0.3 is 0 Å². The van der Waals surface area contributed by atoms with Gasteiger partial charge in [0.2, 0.25) is 0 Å². The van der Waals surface area contributed by atoms with Gasteiger partial charge in [0, 0.05) is 110 Å². The molecule has 136 heavy (non-hydrogen) atoms. The number of rotatable bonds is 13. The third kappa shape index (κ3) is 11.9. The largest absolute Gasteiger partial charge is 0.310 e. The monoisotopic (exact) mass is 1730 g/mol. The van der Waals surface area contributed by atoms with Crippen molar-refractivity contribution in [2.24, 2.45) is 0 Å². The number of anilines is 3. The molecule has 0 aliphatic carbocycles. The first-order chi connectivity index (χ1) is 67.5. The Hall–Kier alpha value is -18.2.